The number of aromatic nitrogens is 3. The first-order chi connectivity index (χ1) is 24.7. The van der Waals surface area contributed by atoms with Gasteiger partial charge in [-0.05, 0) is 56.8 Å². The predicted octanol–water partition coefficient (Wildman–Crippen LogP) is 11.2. The molecule has 2 aromatic heterocycles. The highest BCUT2D eigenvalue weighted by atomic mass is 16.3. The lowest BCUT2D eigenvalue weighted by atomic mass is 9.71. The molecule has 0 unspecified atom stereocenters. The van der Waals surface area contributed by atoms with Gasteiger partial charge in [-0.3, -0.25) is 0 Å². The maximum atomic E-state index is 7.54. The van der Waals surface area contributed by atoms with Crippen LogP contribution in [0.2, 0.25) is 0 Å². The average molecular weight is 639 g/mol. The summed E-state index contributed by atoms with van der Waals surface area (Å²) < 4.78 is 6.32. The second kappa shape index (κ2) is 10.8. The predicted molar refractivity (Wildman–Crippen MR) is 199 cm³/mol. The molecule has 0 aliphatic heterocycles. The van der Waals surface area contributed by atoms with Gasteiger partial charge in [0.15, 0.2) is 23.2 Å². The summed E-state index contributed by atoms with van der Waals surface area (Å²) in [6.07, 6.45) is 0. The molecule has 9 aromatic rings. The van der Waals surface area contributed by atoms with Crippen LogP contribution in [0.4, 0.5) is 5.69 Å². The lowest BCUT2D eigenvalue weighted by molar-refractivity contribution is 0.669. The van der Waals surface area contributed by atoms with Crippen LogP contribution in [-0.2, 0) is 5.41 Å². The molecule has 0 saturated heterocycles. The van der Waals surface area contributed by atoms with Gasteiger partial charge in [-0.2, -0.15) is 0 Å². The van der Waals surface area contributed by atoms with Crippen molar-refractivity contribution in [1.82, 2.24) is 15.0 Å². The van der Waals surface area contributed by atoms with Crippen LogP contribution in [0.5, 0.6) is 0 Å². The minimum absolute atomic E-state index is 0.530. The number of rotatable bonds is 4. The van der Waals surface area contributed by atoms with E-state index in [-0.39, 0.29) is 0 Å². The van der Waals surface area contributed by atoms with Gasteiger partial charge in [0.1, 0.15) is 16.6 Å². The van der Waals surface area contributed by atoms with Crippen LogP contribution < -0.4 is 0 Å². The molecule has 0 spiro atoms. The van der Waals surface area contributed by atoms with E-state index in [0.29, 0.717) is 34.3 Å². The van der Waals surface area contributed by atoms with Gasteiger partial charge >= 0.3 is 0 Å². The summed E-state index contributed by atoms with van der Waals surface area (Å²) in [6.45, 7) is 7.54. The van der Waals surface area contributed by atoms with Crippen molar-refractivity contribution in [2.24, 2.45) is 0 Å². The second-order valence-electron chi connectivity index (χ2n) is 12.6. The monoisotopic (exact) mass is 638 g/mol. The highest BCUT2D eigenvalue weighted by molar-refractivity contribution is 6.12. The van der Waals surface area contributed by atoms with E-state index < -0.39 is 5.41 Å². The molecule has 0 saturated carbocycles. The van der Waals surface area contributed by atoms with E-state index in [1.807, 2.05) is 30.3 Å². The fourth-order valence-corrected chi connectivity index (χ4v) is 7.80. The zero-order valence-electron chi connectivity index (χ0n) is 26.7. The molecule has 5 heteroatoms. The highest BCUT2D eigenvalue weighted by Crippen LogP contribution is 2.55. The van der Waals surface area contributed by atoms with E-state index in [4.69, 9.17) is 25.9 Å². The van der Waals surface area contributed by atoms with Gasteiger partial charge < -0.3 is 4.42 Å². The number of nitrogens with zero attached hydrogens (tertiary/aromatic N) is 4. The van der Waals surface area contributed by atoms with Crippen molar-refractivity contribution in [3.8, 4) is 33.9 Å². The summed E-state index contributed by atoms with van der Waals surface area (Å²) in [5, 5.41) is 4.08. The minimum Gasteiger partial charge on any atom is -0.457 e. The number of hydrogen-bond acceptors (Lipinski definition) is 4. The molecule has 0 bridgehead atoms. The molecule has 232 valence electrons. The molecule has 50 heavy (non-hydrogen) atoms. The third-order valence-electron chi connectivity index (χ3n) is 9.99. The molecular formula is C45H26N4O. The molecule has 5 nitrogen and oxygen atoms in total. The van der Waals surface area contributed by atoms with Crippen LogP contribution in [-0.4, -0.2) is 15.0 Å². The summed E-state index contributed by atoms with van der Waals surface area (Å²) in [6, 6.07) is 54.1. The minimum atomic E-state index is -0.811. The van der Waals surface area contributed by atoms with Gasteiger partial charge in [-0.15, -0.1) is 0 Å². The van der Waals surface area contributed by atoms with Crippen molar-refractivity contribution in [3.63, 3.8) is 0 Å². The fraction of sp³-hybridized carbons (Fsp3) is 0.0222. The van der Waals surface area contributed by atoms with Crippen molar-refractivity contribution >= 4 is 38.4 Å². The van der Waals surface area contributed by atoms with E-state index in [9.17, 15) is 0 Å². The van der Waals surface area contributed by atoms with Crippen molar-refractivity contribution < 1.29 is 4.42 Å². The first kappa shape index (κ1) is 28.1. The molecule has 10 rings (SSSR count). The Balaban J connectivity index is 1.33. The maximum absolute atomic E-state index is 7.54. The Morgan fingerprint density at radius 2 is 1.20 bits per heavy atom. The SMILES string of the molecule is [C-]#[N+]c1ccc2c(c1)oc1cccc(-c3nc(-c4ccc5ccccc5c4)nc(C4(c5ccccc5)c5ccccc5-c5ccccc54)n3)c12. The lowest BCUT2D eigenvalue weighted by Crippen LogP contribution is -2.31. The van der Waals surface area contributed by atoms with Crippen LogP contribution in [0.25, 0.3) is 71.5 Å². The largest absolute Gasteiger partial charge is 0.457 e. The van der Waals surface area contributed by atoms with Gasteiger partial charge in [0.05, 0.1) is 6.57 Å². The van der Waals surface area contributed by atoms with Crippen molar-refractivity contribution in [1.29, 1.82) is 0 Å². The average Bonchev–Trinajstić information content (AvgIpc) is 3.71. The first-order valence-electron chi connectivity index (χ1n) is 16.6. The molecular weight excluding hydrogens is 613 g/mol. The zero-order chi connectivity index (χ0) is 33.2. The second-order valence-corrected chi connectivity index (χ2v) is 12.6. The van der Waals surface area contributed by atoms with E-state index in [0.717, 1.165) is 49.4 Å². The highest BCUT2D eigenvalue weighted by Gasteiger charge is 2.48. The van der Waals surface area contributed by atoms with Gasteiger partial charge in [0.25, 0.3) is 0 Å². The smallest absolute Gasteiger partial charge is 0.190 e. The Labute approximate surface area is 288 Å². The number of fused-ring (bicyclic) bond motifs is 7. The maximum Gasteiger partial charge on any atom is 0.190 e. The first-order valence-corrected chi connectivity index (χ1v) is 16.6. The zero-order valence-corrected chi connectivity index (χ0v) is 26.7. The van der Waals surface area contributed by atoms with Crippen LogP contribution in [0.1, 0.15) is 22.5 Å². The van der Waals surface area contributed by atoms with Crippen LogP contribution >= 0.6 is 0 Å². The van der Waals surface area contributed by atoms with Gasteiger partial charge in [-0.1, -0.05) is 140 Å². The summed E-state index contributed by atoms with van der Waals surface area (Å²) in [4.78, 5) is 19.8. The van der Waals surface area contributed by atoms with Crippen LogP contribution in [0.15, 0.2) is 162 Å². The molecule has 1 aliphatic carbocycles. The molecule has 0 fully saturated rings. The van der Waals surface area contributed by atoms with E-state index in [1.165, 1.54) is 11.1 Å². The van der Waals surface area contributed by atoms with Crippen molar-refractivity contribution in [2.45, 2.75) is 5.41 Å². The van der Waals surface area contributed by atoms with Gasteiger partial charge in [-0.25, -0.2) is 19.8 Å². The van der Waals surface area contributed by atoms with Crippen molar-refractivity contribution in [2.75, 3.05) is 0 Å². The third-order valence-corrected chi connectivity index (χ3v) is 9.99. The Bertz CT molecular complexity index is 2800. The Kier molecular flexibility index (Phi) is 6.09. The van der Waals surface area contributed by atoms with Gasteiger partial charge in [0.2, 0.25) is 0 Å². The molecule has 7 aromatic carbocycles. The Morgan fingerprint density at radius 1 is 0.520 bits per heavy atom. The van der Waals surface area contributed by atoms with E-state index >= 15 is 0 Å². The summed E-state index contributed by atoms with van der Waals surface area (Å²) >= 11 is 0. The molecule has 0 atom stereocenters. The lowest BCUT2D eigenvalue weighted by Gasteiger charge is -2.32. The molecule has 0 N–H and O–H groups in total. The number of benzene rings is 7. The quantitative estimate of drug-likeness (QED) is 0.180. The summed E-state index contributed by atoms with van der Waals surface area (Å²) in [5.74, 6) is 1.79. The van der Waals surface area contributed by atoms with Gasteiger partial charge in [0, 0.05) is 21.9 Å². The third kappa shape index (κ3) is 4.03. The molecule has 0 radical (unpaired) electrons. The van der Waals surface area contributed by atoms with E-state index in [2.05, 4.69) is 126 Å². The number of hydrogen-bond donors (Lipinski definition) is 0. The summed E-state index contributed by atoms with van der Waals surface area (Å²) in [7, 11) is 0. The normalized spacial score (nSPS) is 12.9. The Hall–Kier alpha value is -6.90. The standard InChI is InChI=1S/C45H26N4O/c1-46-32-24-25-35-40(27-32)50-39-21-11-18-36(41(35)39)43-47-42(30-23-22-28-12-5-6-13-29(28)26-30)48-44(49-43)45(31-14-3-2-4-15-31)37-19-9-7-16-33(37)34-17-8-10-20-38(34)45/h2-27H. The fourth-order valence-electron chi connectivity index (χ4n) is 7.80. The van der Waals surface area contributed by atoms with Crippen LogP contribution in [0.3, 0.4) is 0 Å². The topological polar surface area (TPSA) is 56.2 Å². The molecule has 0 amide bonds. The van der Waals surface area contributed by atoms with E-state index in [1.54, 1.807) is 6.07 Å². The summed E-state index contributed by atoms with van der Waals surface area (Å²) in [5.41, 5.74) is 8.51. The number of furan rings is 1. The molecule has 1 aliphatic rings. The van der Waals surface area contributed by atoms with Crippen molar-refractivity contribution in [3.05, 3.63) is 192 Å². The van der Waals surface area contributed by atoms with Crippen LogP contribution in [0, 0.1) is 6.57 Å². The Morgan fingerprint density at radius 3 is 1.98 bits per heavy atom. The molecule has 2 heterocycles.